The quantitative estimate of drug-likeness (QED) is 0.779. The molecule has 0 saturated heterocycles. The summed E-state index contributed by atoms with van der Waals surface area (Å²) in [5.74, 6) is 0.917. The van der Waals surface area contributed by atoms with Gasteiger partial charge in [-0.15, -0.1) is 0 Å². The van der Waals surface area contributed by atoms with Crippen molar-refractivity contribution in [3.63, 3.8) is 0 Å². The number of aromatic nitrogens is 3. The van der Waals surface area contributed by atoms with Gasteiger partial charge in [-0.1, -0.05) is 11.2 Å². The maximum atomic E-state index is 9.98. The molecule has 5 heteroatoms. The lowest BCUT2D eigenvalue weighted by Crippen LogP contribution is -1.89. The maximum absolute atomic E-state index is 9.98. The van der Waals surface area contributed by atoms with Crippen LogP contribution in [0, 0.1) is 20.8 Å². The van der Waals surface area contributed by atoms with Crippen molar-refractivity contribution in [3.8, 4) is 28.6 Å². The van der Waals surface area contributed by atoms with Gasteiger partial charge in [0.2, 0.25) is 5.82 Å². The molecule has 1 N–H and O–H groups in total. The van der Waals surface area contributed by atoms with Crippen LogP contribution in [0.3, 0.4) is 0 Å². The van der Waals surface area contributed by atoms with Gasteiger partial charge in [-0.3, -0.25) is 4.98 Å². The first kappa shape index (κ1) is 13.3. The molecule has 3 aromatic rings. The maximum Gasteiger partial charge on any atom is 0.261 e. The Hall–Kier alpha value is -2.69. The molecule has 0 bridgehead atoms. The largest absolute Gasteiger partial charge is 0.507 e. The van der Waals surface area contributed by atoms with Crippen LogP contribution in [0.25, 0.3) is 22.8 Å². The molecule has 3 rings (SSSR count). The number of rotatable bonds is 2. The molecule has 0 radical (unpaired) electrons. The second-order valence-corrected chi connectivity index (χ2v) is 5.08. The van der Waals surface area contributed by atoms with Gasteiger partial charge >= 0.3 is 0 Å². The van der Waals surface area contributed by atoms with E-state index in [-0.39, 0.29) is 5.75 Å². The summed E-state index contributed by atoms with van der Waals surface area (Å²) in [5.41, 5.74) is 4.14. The molecular weight excluding hydrogens is 266 g/mol. The molecule has 0 saturated carbocycles. The second-order valence-electron chi connectivity index (χ2n) is 5.08. The normalized spacial score (nSPS) is 10.8. The molecule has 0 amide bonds. The van der Waals surface area contributed by atoms with Gasteiger partial charge in [0.1, 0.15) is 5.75 Å². The average Bonchev–Trinajstić information content (AvgIpc) is 2.87. The highest BCUT2D eigenvalue weighted by molar-refractivity contribution is 5.65. The van der Waals surface area contributed by atoms with Crippen LogP contribution in [0.2, 0.25) is 0 Å². The zero-order valence-corrected chi connectivity index (χ0v) is 12.1. The molecule has 2 heterocycles. The minimum Gasteiger partial charge on any atom is -0.507 e. The number of hydrogen-bond acceptors (Lipinski definition) is 5. The van der Waals surface area contributed by atoms with E-state index < -0.39 is 0 Å². The predicted octanol–water partition coefficient (Wildman–Crippen LogP) is 3.43. The van der Waals surface area contributed by atoms with Crippen molar-refractivity contribution in [3.05, 3.63) is 47.3 Å². The van der Waals surface area contributed by atoms with E-state index in [2.05, 4.69) is 15.1 Å². The summed E-state index contributed by atoms with van der Waals surface area (Å²) >= 11 is 0. The minimum atomic E-state index is 0.132. The number of phenolic OH excluding ortho intramolecular Hbond substituents is 1. The Kier molecular flexibility index (Phi) is 3.17. The van der Waals surface area contributed by atoms with Gasteiger partial charge in [0.05, 0.1) is 5.56 Å². The summed E-state index contributed by atoms with van der Waals surface area (Å²) in [6.45, 7) is 5.75. The highest BCUT2D eigenvalue weighted by atomic mass is 16.5. The number of hydrogen-bond donors (Lipinski definition) is 1. The van der Waals surface area contributed by atoms with Gasteiger partial charge in [-0.2, -0.15) is 4.98 Å². The lowest BCUT2D eigenvalue weighted by molar-refractivity contribution is 0.425. The summed E-state index contributed by atoms with van der Waals surface area (Å²) in [6.07, 6.45) is 0. The van der Waals surface area contributed by atoms with E-state index in [1.165, 1.54) is 0 Å². The van der Waals surface area contributed by atoms with Crippen LogP contribution in [0.4, 0.5) is 0 Å². The smallest absolute Gasteiger partial charge is 0.261 e. The van der Waals surface area contributed by atoms with E-state index in [0.717, 1.165) is 22.5 Å². The zero-order chi connectivity index (χ0) is 15.0. The monoisotopic (exact) mass is 281 g/mol. The molecule has 0 atom stereocenters. The summed E-state index contributed by atoms with van der Waals surface area (Å²) < 4.78 is 5.26. The van der Waals surface area contributed by atoms with Crippen LogP contribution in [0.1, 0.15) is 17.0 Å². The highest BCUT2D eigenvalue weighted by Crippen LogP contribution is 2.30. The Balaban J connectivity index is 2.03. The van der Waals surface area contributed by atoms with Crippen LogP contribution >= 0.6 is 0 Å². The third-order valence-electron chi connectivity index (χ3n) is 3.15. The summed E-state index contributed by atoms with van der Waals surface area (Å²) in [4.78, 5) is 8.68. The Morgan fingerprint density at radius 2 is 1.67 bits per heavy atom. The van der Waals surface area contributed by atoms with Gasteiger partial charge in [-0.25, -0.2) is 0 Å². The molecule has 0 unspecified atom stereocenters. The first-order valence-electron chi connectivity index (χ1n) is 6.62. The van der Waals surface area contributed by atoms with Crippen molar-refractivity contribution in [2.24, 2.45) is 0 Å². The molecule has 106 valence electrons. The van der Waals surface area contributed by atoms with Crippen molar-refractivity contribution in [1.82, 2.24) is 15.1 Å². The summed E-state index contributed by atoms with van der Waals surface area (Å²) in [5, 5.41) is 14.0. The highest BCUT2D eigenvalue weighted by Gasteiger charge is 2.14. The predicted molar refractivity (Wildman–Crippen MR) is 78.8 cm³/mol. The second kappa shape index (κ2) is 5.01. The number of phenols is 1. The van der Waals surface area contributed by atoms with Gasteiger partial charge < -0.3 is 9.63 Å². The fourth-order valence-corrected chi connectivity index (χ4v) is 2.24. The van der Waals surface area contributed by atoms with Gasteiger partial charge in [-0.05, 0) is 50.6 Å². The molecule has 1 aromatic carbocycles. The number of nitrogens with zero attached hydrogens (tertiary/aromatic N) is 3. The van der Waals surface area contributed by atoms with Crippen LogP contribution < -0.4 is 0 Å². The molecule has 0 aliphatic heterocycles. The Morgan fingerprint density at radius 1 is 0.952 bits per heavy atom. The molecular formula is C16H15N3O2. The Bertz CT molecular complexity index is 789. The molecule has 0 aliphatic carbocycles. The van der Waals surface area contributed by atoms with Crippen molar-refractivity contribution in [2.75, 3.05) is 0 Å². The van der Waals surface area contributed by atoms with Crippen molar-refractivity contribution in [1.29, 1.82) is 0 Å². The van der Waals surface area contributed by atoms with Crippen LogP contribution in [-0.4, -0.2) is 20.2 Å². The third-order valence-corrected chi connectivity index (χ3v) is 3.15. The standard InChI is InChI=1S/C16H15N3O2/c1-9-4-5-13(14(20)6-9)16-18-15(19-21-16)12-7-10(2)17-11(3)8-12/h4-8,20H,1-3H3. The van der Waals surface area contributed by atoms with Gasteiger partial charge in [0.25, 0.3) is 5.89 Å². The number of benzene rings is 1. The topological polar surface area (TPSA) is 72.0 Å². The minimum absolute atomic E-state index is 0.132. The van der Waals surface area contributed by atoms with Crippen molar-refractivity contribution in [2.45, 2.75) is 20.8 Å². The van der Waals surface area contributed by atoms with E-state index in [1.807, 2.05) is 39.0 Å². The first-order valence-corrected chi connectivity index (χ1v) is 6.62. The van der Waals surface area contributed by atoms with E-state index >= 15 is 0 Å². The summed E-state index contributed by atoms with van der Waals surface area (Å²) in [6, 6.07) is 9.12. The lowest BCUT2D eigenvalue weighted by Gasteiger charge is -2.00. The zero-order valence-electron chi connectivity index (χ0n) is 12.1. The number of pyridine rings is 1. The van der Waals surface area contributed by atoms with Crippen LogP contribution in [0.15, 0.2) is 34.9 Å². The molecule has 2 aromatic heterocycles. The number of aromatic hydroxyl groups is 1. The molecule has 0 fully saturated rings. The van der Waals surface area contributed by atoms with Crippen LogP contribution in [-0.2, 0) is 0 Å². The molecule has 0 aliphatic rings. The van der Waals surface area contributed by atoms with E-state index in [0.29, 0.717) is 17.3 Å². The van der Waals surface area contributed by atoms with E-state index in [4.69, 9.17) is 4.52 Å². The molecule has 5 nitrogen and oxygen atoms in total. The van der Waals surface area contributed by atoms with Gasteiger partial charge in [0.15, 0.2) is 0 Å². The average molecular weight is 281 g/mol. The SMILES string of the molecule is Cc1ccc(-c2nc(-c3cc(C)nc(C)c3)no2)c(O)c1. The Labute approximate surface area is 122 Å². The fraction of sp³-hybridized carbons (Fsp3) is 0.188. The number of aryl methyl sites for hydroxylation is 3. The van der Waals surface area contributed by atoms with E-state index in [1.54, 1.807) is 12.1 Å². The molecule has 0 spiro atoms. The van der Waals surface area contributed by atoms with Crippen molar-refractivity contribution < 1.29 is 9.63 Å². The third kappa shape index (κ3) is 2.63. The molecule has 21 heavy (non-hydrogen) atoms. The fourth-order valence-electron chi connectivity index (χ4n) is 2.24. The van der Waals surface area contributed by atoms with Crippen LogP contribution in [0.5, 0.6) is 5.75 Å². The first-order chi connectivity index (χ1) is 10.0. The summed E-state index contributed by atoms with van der Waals surface area (Å²) in [7, 11) is 0. The van der Waals surface area contributed by atoms with E-state index in [9.17, 15) is 5.11 Å². The lowest BCUT2D eigenvalue weighted by atomic mass is 10.1. The Morgan fingerprint density at radius 3 is 2.33 bits per heavy atom. The van der Waals surface area contributed by atoms with Crippen molar-refractivity contribution >= 4 is 0 Å². The van der Waals surface area contributed by atoms with Gasteiger partial charge in [0, 0.05) is 17.0 Å².